The summed E-state index contributed by atoms with van der Waals surface area (Å²) in [7, 11) is 0. The largest absolute Gasteiger partial charge is 0.416 e. The van der Waals surface area contributed by atoms with Crippen molar-refractivity contribution in [2.75, 3.05) is 23.7 Å². The Kier molecular flexibility index (Phi) is 6.53. The van der Waals surface area contributed by atoms with E-state index in [0.717, 1.165) is 48.7 Å². The highest BCUT2D eigenvalue weighted by Gasteiger charge is 2.37. The van der Waals surface area contributed by atoms with Crippen LogP contribution in [0.3, 0.4) is 0 Å². The Balaban J connectivity index is 1.45. The van der Waals surface area contributed by atoms with Crippen molar-refractivity contribution < 1.29 is 22.8 Å². The zero-order valence-corrected chi connectivity index (χ0v) is 19.6. The Labute approximate surface area is 207 Å². The number of hydrogen-bond donors (Lipinski definition) is 2. The van der Waals surface area contributed by atoms with Crippen LogP contribution in [-0.2, 0) is 23.9 Å². The van der Waals surface area contributed by atoms with Gasteiger partial charge in [0.2, 0.25) is 5.91 Å². The monoisotopic (exact) mass is 493 g/mol. The van der Waals surface area contributed by atoms with E-state index in [1.807, 2.05) is 42.5 Å². The average molecular weight is 494 g/mol. The number of piperidine rings is 1. The Hall–Kier alpha value is -3.65. The van der Waals surface area contributed by atoms with Gasteiger partial charge in [-0.15, -0.1) is 0 Å². The first kappa shape index (κ1) is 24.1. The van der Waals surface area contributed by atoms with Crippen LogP contribution in [0.4, 0.5) is 24.5 Å². The first-order chi connectivity index (χ1) is 17.3. The number of hydrogen-bond acceptors (Lipinski definition) is 3. The van der Waals surface area contributed by atoms with Crippen molar-refractivity contribution in [2.45, 2.75) is 38.4 Å². The predicted octanol–water partition coefficient (Wildman–Crippen LogP) is 6.11. The molecule has 5 rings (SSSR count). The molecule has 0 unspecified atom stereocenters. The van der Waals surface area contributed by atoms with Crippen LogP contribution in [0.1, 0.15) is 46.3 Å². The highest BCUT2D eigenvalue weighted by Crippen LogP contribution is 2.40. The fraction of sp³-hybridized carbons (Fsp3) is 0.286. The lowest BCUT2D eigenvalue weighted by molar-refractivity contribution is -0.138. The maximum Gasteiger partial charge on any atom is 0.416 e. The molecule has 3 aromatic carbocycles. The first-order valence-corrected chi connectivity index (χ1v) is 12.0. The standard InChI is InChI=1S/C28H26F3N3O2/c29-28(30,31)24-14-21(15-25-23(24)16-26(35)33-25)32-27(36)19-9-10-22(18-7-3-1-4-8-18)20(13-19)17-34-11-5-2-6-12-34/h1,3-4,7-10,13-15H,2,5-6,11-12,16-17H2,(H,32,36)(H,33,35). The van der Waals surface area contributed by atoms with E-state index in [4.69, 9.17) is 0 Å². The predicted molar refractivity (Wildman–Crippen MR) is 133 cm³/mol. The number of nitrogens with zero attached hydrogens (tertiary/aromatic N) is 1. The smallest absolute Gasteiger partial charge is 0.325 e. The molecule has 0 aromatic heterocycles. The van der Waals surface area contributed by atoms with Gasteiger partial charge < -0.3 is 10.6 Å². The SMILES string of the molecule is O=C1Cc2c(cc(NC(=O)c3ccc(-c4ccccc4)c(CN4CCCCC4)c3)cc2C(F)(F)F)N1. The van der Waals surface area contributed by atoms with Crippen molar-refractivity contribution in [3.63, 3.8) is 0 Å². The van der Waals surface area contributed by atoms with Crippen molar-refractivity contribution in [2.24, 2.45) is 0 Å². The number of alkyl halides is 3. The normalized spacial score (nSPS) is 15.9. The van der Waals surface area contributed by atoms with E-state index in [0.29, 0.717) is 12.1 Å². The molecular formula is C28H26F3N3O2. The topological polar surface area (TPSA) is 61.4 Å². The Morgan fingerprint density at radius 1 is 0.972 bits per heavy atom. The zero-order valence-electron chi connectivity index (χ0n) is 19.6. The van der Waals surface area contributed by atoms with E-state index < -0.39 is 23.6 Å². The molecular weight excluding hydrogens is 467 g/mol. The van der Waals surface area contributed by atoms with Crippen molar-refractivity contribution in [1.82, 2.24) is 4.90 Å². The summed E-state index contributed by atoms with van der Waals surface area (Å²) in [6.07, 6.45) is -1.49. The van der Waals surface area contributed by atoms with Gasteiger partial charge in [0.05, 0.1) is 12.0 Å². The summed E-state index contributed by atoms with van der Waals surface area (Å²) in [5.41, 5.74) is 2.47. The number of amides is 2. The molecule has 0 saturated carbocycles. The summed E-state index contributed by atoms with van der Waals surface area (Å²) in [4.78, 5) is 27.2. The fourth-order valence-electron chi connectivity index (χ4n) is 4.98. The van der Waals surface area contributed by atoms with Crippen LogP contribution in [0.25, 0.3) is 11.1 Å². The molecule has 2 aliphatic rings. The van der Waals surface area contributed by atoms with Gasteiger partial charge in [-0.1, -0.05) is 42.8 Å². The molecule has 1 fully saturated rings. The third-order valence-electron chi connectivity index (χ3n) is 6.72. The maximum atomic E-state index is 13.6. The van der Waals surface area contributed by atoms with Gasteiger partial charge in [0.15, 0.2) is 0 Å². The summed E-state index contributed by atoms with van der Waals surface area (Å²) >= 11 is 0. The lowest BCUT2D eigenvalue weighted by Crippen LogP contribution is -2.29. The van der Waals surface area contributed by atoms with Crippen LogP contribution < -0.4 is 10.6 Å². The molecule has 2 N–H and O–H groups in total. The minimum Gasteiger partial charge on any atom is -0.325 e. The minimum atomic E-state index is -4.64. The number of anilines is 2. The Bertz CT molecular complexity index is 1300. The summed E-state index contributed by atoms with van der Waals surface area (Å²) in [5, 5.41) is 5.05. The Morgan fingerprint density at radius 3 is 2.44 bits per heavy atom. The van der Waals surface area contributed by atoms with Crippen molar-refractivity contribution >= 4 is 23.2 Å². The van der Waals surface area contributed by atoms with Crippen LogP contribution in [0.2, 0.25) is 0 Å². The third-order valence-corrected chi connectivity index (χ3v) is 6.72. The molecule has 2 amide bonds. The van der Waals surface area contributed by atoms with Crippen LogP contribution in [0.15, 0.2) is 60.7 Å². The highest BCUT2D eigenvalue weighted by atomic mass is 19.4. The van der Waals surface area contributed by atoms with Gasteiger partial charge in [0.25, 0.3) is 5.91 Å². The number of carbonyl (C=O) groups is 2. The molecule has 2 aliphatic heterocycles. The van der Waals surface area contributed by atoms with Gasteiger partial charge in [-0.05, 0) is 72.5 Å². The second-order valence-corrected chi connectivity index (χ2v) is 9.30. The molecule has 8 heteroatoms. The number of rotatable bonds is 5. The molecule has 0 bridgehead atoms. The molecule has 36 heavy (non-hydrogen) atoms. The number of fused-ring (bicyclic) bond motifs is 1. The summed E-state index contributed by atoms with van der Waals surface area (Å²) < 4.78 is 40.9. The van der Waals surface area contributed by atoms with E-state index in [-0.39, 0.29) is 23.4 Å². The van der Waals surface area contributed by atoms with Crippen LogP contribution >= 0.6 is 0 Å². The van der Waals surface area contributed by atoms with E-state index in [9.17, 15) is 22.8 Å². The zero-order chi connectivity index (χ0) is 25.3. The molecule has 5 nitrogen and oxygen atoms in total. The van der Waals surface area contributed by atoms with Gasteiger partial charge >= 0.3 is 6.18 Å². The van der Waals surface area contributed by atoms with Crippen LogP contribution in [-0.4, -0.2) is 29.8 Å². The number of benzene rings is 3. The van der Waals surface area contributed by atoms with Gasteiger partial charge in [-0.2, -0.15) is 13.2 Å². The van der Waals surface area contributed by atoms with Gasteiger partial charge in [0, 0.05) is 23.5 Å². The van der Waals surface area contributed by atoms with Gasteiger partial charge in [-0.25, -0.2) is 0 Å². The molecule has 0 radical (unpaired) electrons. The van der Waals surface area contributed by atoms with E-state index in [2.05, 4.69) is 15.5 Å². The molecule has 0 atom stereocenters. The van der Waals surface area contributed by atoms with Crippen LogP contribution in [0, 0.1) is 0 Å². The number of nitrogens with one attached hydrogen (secondary N) is 2. The number of likely N-dealkylation sites (tertiary alicyclic amines) is 1. The number of halogens is 3. The van der Waals surface area contributed by atoms with E-state index in [1.54, 1.807) is 6.07 Å². The van der Waals surface area contributed by atoms with Crippen molar-refractivity contribution in [3.05, 3.63) is 82.9 Å². The lowest BCUT2D eigenvalue weighted by atomic mass is 9.96. The molecule has 0 spiro atoms. The average Bonchev–Trinajstić information content (AvgIpc) is 3.24. The van der Waals surface area contributed by atoms with Gasteiger partial charge in [-0.3, -0.25) is 14.5 Å². The van der Waals surface area contributed by atoms with E-state index >= 15 is 0 Å². The van der Waals surface area contributed by atoms with Crippen molar-refractivity contribution in [1.29, 1.82) is 0 Å². The quantitative estimate of drug-likeness (QED) is 0.451. The van der Waals surface area contributed by atoms with Crippen LogP contribution in [0.5, 0.6) is 0 Å². The summed E-state index contributed by atoms with van der Waals surface area (Å²) in [6.45, 7) is 2.67. The minimum absolute atomic E-state index is 0.0157. The maximum absolute atomic E-state index is 13.6. The molecule has 1 saturated heterocycles. The third kappa shape index (κ3) is 5.14. The fourth-order valence-corrected chi connectivity index (χ4v) is 4.98. The molecule has 0 aliphatic carbocycles. The highest BCUT2D eigenvalue weighted by molar-refractivity contribution is 6.06. The second-order valence-electron chi connectivity index (χ2n) is 9.30. The van der Waals surface area contributed by atoms with Crippen molar-refractivity contribution in [3.8, 4) is 11.1 Å². The second kappa shape index (κ2) is 9.78. The summed E-state index contributed by atoms with van der Waals surface area (Å²) in [6, 6.07) is 17.6. The number of carbonyl (C=O) groups excluding carboxylic acids is 2. The first-order valence-electron chi connectivity index (χ1n) is 12.0. The summed E-state index contributed by atoms with van der Waals surface area (Å²) in [5.74, 6) is -1.01. The molecule has 186 valence electrons. The lowest BCUT2D eigenvalue weighted by Gasteiger charge is -2.27. The van der Waals surface area contributed by atoms with E-state index in [1.165, 1.54) is 12.5 Å². The molecule has 3 aromatic rings. The molecule has 2 heterocycles. The van der Waals surface area contributed by atoms with Gasteiger partial charge in [0.1, 0.15) is 0 Å². The Morgan fingerprint density at radius 2 is 1.72 bits per heavy atom.